The van der Waals surface area contributed by atoms with Crippen molar-refractivity contribution in [2.24, 2.45) is 0 Å². The van der Waals surface area contributed by atoms with E-state index >= 15 is 0 Å². The topological polar surface area (TPSA) is 98.2 Å². The second-order valence-corrected chi connectivity index (χ2v) is 6.97. The number of ether oxygens (including phenoxy) is 1. The number of methoxy groups -OCH3 is 1. The molecular weight excluding hydrogens is 330 g/mol. The highest BCUT2D eigenvalue weighted by Crippen LogP contribution is 2.22. The molecule has 1 heterocycles. The second-order valence-electron chi connectivity index (χ2n) is 5.29. The first-order chi connectivity index (χ1) is 11.3. The zero-order chi connectivity index (χ0) is 17.9. The van der Waals surface area contributed by atoms with Crippen molar-refractivity contribution in [3.8, 4) is 0 Å². The van der Waals surface area contributed by atoms with Gasteiger partial charge in [-0.2, -0.15) is 0 Å². The fourth-order valence-corrected chi connectivity index (χ4v) is 3.91. The summed E-state index contributed by atoms with van der Waals surface area (Å²) in [6.45, 7) is 5.02. The van der Waals surface area contributed by atoms with E-state index in [9.17, 15) is 13.2 Å². The SMILES string of the molecule is COC(=O)c1cccc(S(=O)(=O)N[C@H](C)c2nccnc2C)c1C. The Kier molecular flexibility index (Phi) is 5.30. The lowest BCUT2D eigenvalue weighted by Gasteiger charge is -2.17. The Bertz CT molecular complexity index is 865. The molecule has 0 aliphatic carbocycles. The lowest BCUT2D eigenvalue weighted by molar-refractivity contribution is 0.0599. The van der Waals surface area contributed by atoms with E-state index in [0.29, 0.717) is 17.0 Å². The molecule has 0 spiro atoms. The summed E-state index contributed by atoms with van der Waals surface area (Å²) in [7, 11) is -2.59. The Labute approximate surface area is 141 Å². The van der Waals surface area contributed by atoms with Crippen molar-refractivity contribution in [2.45, 2.75) is 31.7 Å². The fraction of sp³-hybridized carbons (Fsp3) is 0.312. The number of rotatable bonds is 5. The number of sulfonamides is 1. The molecule has 0 amide bonds. The Morgan fingerprint density at radius 3 is 2.50 bits per heavy atom. The highest BCUT2D eigenvalue weighted by Gasteiger charge is 2.24. The van der Waals surface area contributed by atoms with Gasteiger partial charge in [0.2, 0.25) is 10.0 Å². The fourth-order valence-electron chi connectivity index (χ4n) is 2.43. The quantitative estimate of drug-likeness (QED) is 0.828. The van der Waals surface area contributed by atoms with Gasteiger partial charge in [0.15, 0.2) is 0 Å². The van der Waals surface area contributed by atoms with Gasteiger partial charge in [0.05, 0.1) is 35.0 Å². The lowest BCUT2D eigenvalue weighted by atomic mass is 10.1. The Hall–Kier alpha value is -2.32. The van der Waals surface area contributed by atoms with E-state index < -0.39 is 22.0 Å². The second kappa shape index (κ2) is 7.06. The van der Waals surface area contributed by atoms with E-state index in [4.69, 9.17) is 0 Å². The van der Waals surface area contributed by atoms with Crippen LogP contribution in [-0.4, -0.2) is 31.5 Å². The molecule has 1 aromatic heterocycles. The number of carbonyl (C=O) groups is 1. The standard InChI is InChI=1S/C16H19N3O4S/c1-10-13(16(20)23-4)6-5-7-14(10)24(21,22)19-12(3)15-11(2)17-8-9-18-15/h5-9,12,19H,1-4H3/t12-/m1/s1. The third-order valence-electron chi connectivity index (χ3n) is 3.64. The van der Waals surface area contributed by atoms with Gasteiger partial charge in [-0.3, -0.25) is 9.97 Å². The maximum Gasteiger partial charge on any atom is 0.338 e. The van der Waals surface area contributed by atoms with Crippen LogP contribution in [0.2, 0.25) is 0 Å². The molecule has 8 heteroatoms. The first-order valence-electron chi connectivity index (χ1n) is 7.25. The summed E-state index contributed by atoms with van der Waals surface area (Å²) in [6.07, 6.45) is 3.06. The minimum atomic E-state index is -3.84. The third kappa shape index (κ3) is 3.60. The molecule has 2 aromatic rings. The lowest BCUT2D eigenvalue weighted by Crippen LogP contribution is -2.29. The van der Waals surface area contributed by atoms with Gasteiger partial charge in [-0.25, -0.2) is 17.9 Å². The van der Waals surface area contributed by atoms with Crippen LogP contribution in [0.4, 0.5) is 0 Å². The van der Waals surface area contributed by atoms with Gasteiger partial charge < -0.3 is 4.74 Å². The van der Waals surface area contributed by atoms with Crippen molar-refractivity contribution in [1.29, 1.82) is 0 Å². The highest BCUT2D eigenvalue weighted by molar-refractivity contribution is 7.89. The van der Waals surface area contributed by atoms with E-state index in [1.807, 2.05) is 0 Å². The summed E-state index contributed by atoms with van der Waals surface area (Å²) >= 11 is 0. The largest absolute Gasteiger partial charge is 0.465 e. The summed E-state index contributed by atoms with van der Waals surface area (Å²) in [5.41, 5.74) is 1.74. The molecule has 1 aromatic carbocycles. The van der Waals surface area contributed by atoms with E-state index in [1.165, 1.54) is 31.5 Å². The molecule has 0 unspecified atom stereocenters. The van der Waals surface area contributed by atoms with Crippen LogP contribution in [0.25, 0.3) is 0 Å². The Morgan fingerprint density at radius 2 is 1.88 bits per heavy atom. The average molecular weight is 349 g/mol. The molecule has 2 rings (SSSR count). The average Bonchev–Trinajstić information content (AvgIpc) is 2.54. The third-order valence-corrected chi connectivity index (χ3v) is 5.33. The van der Waals surface area contributed by atoms with Crippen LogP contribution in [-0.2, 0) is 14.8 Å². The van der Waals surface area contributed by atoms with E-state index in [-0.39, 0.29) is 10.5 Å². The molecule has 24 heavy (non-hydrogen) atoms. The van der Waals surface area contributed by atoms with Crippen LogP contribution in [0.5, 0.6) is 0 Å². The van der Waals surface area contributed by atoms with Crippen LogP contribution in [0.1, 0.15) is 40.3 Å². The maximum absolute atomic E-state index is 12.7. The first kappa shape index (κ1) is 18.0. The number of aryl methyl sites for hydroxylation is 1. The smallest absolute Gasteiger partial charge is 0.338 e. The summed E-state index contributed by atoms with van der Waals surface area (Å²) in [4.78, 5) is 20.1. The molecule has 0 fully saturated rings. The predicted octanol–water partition coefficient (Wildman–Crippen LogP) is 1.92. The van der Waals surface area contributed by atoms with Crippen LogP contribution in [0.3, 0.4) is 0 Å². The highest BCUT2D eigenvalue weighted by atomic mass is 32.2. The van der Waals surface area contributed by atoms with Crippen molar-refractivity contribution in [3.63, 3.8) is 0 Å². The van der Waals surface area contributed by atoms with E-state index in [0.717, 1.165) is 0 Å². The summed E-state index contributed by atoms with van der Waals surface area (Å²) in [6, 6.07) is 3.91. The normalized spacial score (nSPS) is 12.7. The van der Waals surface area contributed by atoms with Crippen LogP contribution in [0, 0.1) is 13.8 Å². The zero-order valence-corrected chi connectivity index (χ0v) is 14.7. The molecular formula is C16H19N3O4S. The van der Waals surface area contributed by atoms with Crippen molar-refractivity contribution in [2.75, 3.05) is 7.11 Å². The number of hydrogen-bond acceptors (Lipinski definition) is 6. The molecule has 0 saturated heterocycles. The van der Waals surface area contributed by atoms with Gasteiger partial charge >= 0.3 is 5.97 Å². The van der Waals surface area contributed by atoms with Crippen LogP contribution >= 0.6 is 0 Å². The molecule has 0 saturated carbocycles. The number of hydrogen-bond donors (Lipinski definition) is 1. The van der Waals surface area contributed by atoms with E-state index in [1.54, 1.807) is 27.0 Å². The zero-order valence-electron chi connectivity index (χ0n) is 13.9. The van der Waals surface area contributed by atoms with Crippen molar-refractivity contribution < 1.29 is 17.9 Å². The Morgan fingerprint density at radius 1 is 1.21 bits per heavy atom. The van der Waals surface area contributed by atoms with Crippen LogP contribution < -0.4 is 4.72 Å². The van der Waals surface area contributed by atoms with Crippen molar-refractivity contribution in [3.05, 3.63) is 53.1 Å². The number of nitrogens with zero attached hydrogens (tertiary/aromatic N) is 2. The molecule has 7 nitrogen and oxygen atoms in total. The summed E-state index contributed by atoms with van der Waals surface area (Å²) < 4.78 is 32.7. The van der Waals surface area contributed by atoms with Gasteiger partial charge in [-0.15, -0.1) is 0 Å². The summed E-state index contributed by atoms with van der Waals surface area (Å²) in [5.74, 6) is -0.581. The van der Waals surface area contributed by atoms with Crippen molar-refractivity contribution >= 4 is 16.0 Å². The number of carbonyl (C=O) groups excluding carboxylic acids is 1. The van der Waals surface area contributed by atoms with Crippen molar-refractivity contribution in [1.82, 2.24) is 14.7 Å². The Balaban J connectivity index is 2.38. The summed E-state index contributed by atoms with van der Waals surface area (Å²) in [5, 5.41) is 0. The first-order valence-corrected chi connectivity index (χ1v) is 8.74. The van der Waals surface area contributed by atoms with E-state index in [2.05, 4.69) is 19.4 Å². The minimum Gasteiger partial charge on any atom is -0.465 e. The molecule has 1 atom stereocenters. The van der Waals surface area contributed by atoms with Gasteiger partial charge in [0, 0.05) is 12.4 Å². The molecule has 0 radical (unpaired) electrons. The number of nitrogens with one attached hydrogen (secondary N) is 1. The molecule has 1 N–H and O–H groups in total. The number of aromatic nitrogens is 2. The molecule has 128 valence electrons. The molecule has 0 aliphatic rings. The predicted molar refractivity (Wildman–Crippen MR) is 88.0 cm³/mol. The maximum atomic E-state index is 12.7. The monoisotopic (exact) mass is 349 g/mol. The van der Waals surface area contributed by atoms with Gasteiger partial charge in [-0.05, 0) is 38.5 Å². The van der Waals surface area contributed by atoms with Gasteiger partial charge in [0.25, 0.3) is 0 Å². The molecule has 0 bridgehead atoms. The van der Waals surface area contributed by atoms with Gasteiger partial charge in [0.1, 0.15) is 0 Å². The van der Waals surface area contributed by atoms with Crippen LogP contribution in [0.15, 0.2) is 35.5 Å². The van der Waals surface area contributed by atoms with Gasteiger partial charge in [-0.1, -0.05) is 6.07 Å². The molecule has 0 aliphatic heterocycles. The minimum absolute atomic E-state index is 0.0267. The number of esters is 1. The number of benzene rings is 1.